The van der Waals surface area contributed by atoms with Crippen LogP contribution in [0.2, 0.25) is 0 Å². The summed E-state index contributed by atoms with van der Waals surface area (Å²) in [4.78, 5) is 14.9. The second kappa shape index (κ2) is 6.75. The van der Waals surface area contributed by atoms with Gasteiger partial charge in [0.05, 0.1) is 12.2 Å². The lowest BCUT2D eigenvalue weighted by molar-refractivity contribution is -0.210. The molecule has 2 heterocycles. The number of rotatable bonds is 3. The van der Waals surface area contributed by atoms with Gasteiger partial charge < -0.3 is 20.1 Å². The average molecular weight is 359 g/mol. The van der Waals surface area contributed by atoms with Crippen molar-refractivity contribution in [2.24, 2.45) is 16.7 Å². The molecule has 0 radical (unpaired) electrons. The minimum atomic E-state index is -0.243. The van der Waals surface area contributed by atoms with E-state index in [0.717, 1.165) is 64.7 Å². The minimum Gasteiger partial charge on any atom is -0.392 e. The molecule has 1 amide bonds. The third-order valence-electron chi connectivity index (χ3n) is 7.20. The van der Waals surface area contributed by atoms with Gasteiger partial charge in [-0.05, 0) is 57.5 Å². The smallest absolute Gasteiger partial charge is 0.226 e. The van der Waals surface area contributed by atoms with E-state index in [1.165, 1.54) is 0 Å². The van der Waals surface area contributed by atoms with Crippen molar-refractivity contribution in [2.75, 3.05) is 32.8 Å². The summed E-state index contributed by atoms with van der Waals surface area (Å²) in [5.74, 6) is 0.649. The minimum absolute atomic E-state index is 0. The van der Waals surface area contributed by atoms with Gasteiger partial charge in [0.1, 0.15) is 0 Å². The largest absolute Gasteiger partial charge is 0.392 e. The third kappa shape index (κ3) is 2.77. The Labute approximate surface area is 150 Å². The number of hydrogen-bond acceptors (Lipinski definition) is 4. The van der Waals surface area contributed by atoms with Crippen LogP contribution in [0.15, 0.2) is 0 Å². The van der Waals surface area contributed by atoms with Crippen LogP contribution in [0.1, 0.15) is 45.4 Å². The molecule has 4 aliphatic rings. The number of amides is 1. The second-order valence-corrected chi connectivity index (χ2v) is 8.12. The van der Waals surface area contributed by atoms with Crippen molar-refractivity contribution < 1.29 is 14.6 Å². The van der Waals surface area contributed by atoms with E-state index >= 15 is 0 Å². The number of likely N-dealkylation sites (tertiary alicyclic amines) is 1. The molecule has 24 heavy (non-hydrogen) atoms. The molecule has 2 N–H and O–H groups in total. The van der Waals surface area contributed by atoms with Crippen molar-refractivity contribution in [3.63, 3.8) is 0 Å². The van der Waals surface area contributed by atoms with Gasteiger partial charge in [0.15, 0.2) is 0 Å². The number of carbonyl (C=O) groups is 1. The van der Waals surface area contributed by atoms with Gasteiger partial charge in [0.2, 0.25) is 5.91 Å². The number of halogens is 1. The second-order valence-electron chi connectivity index (χ2n) is 8.12. The molecule has 2 spiro atoms. The van der Waals surface area contributed by atoms with Crippen molar-refractivity contribution in [1.29, 1.82) is 0 Å². The van der Waals surface area contributed by atoms with Gasteiger partial charge in [-0.3, -0.25) is 4.79 Å². The number of piperidine rings is 2. The maximum absolute atomic E-state index is 12.9. The summed E-state index contributed by atoms with van der Waals surface area (Å²) in [7, 11) is 0. The fraction of sp³-hybridized carbons (Fsp3) is 0.944. The maximum atomic E-state index is 12.9. The predicted molar refractivity (Wildman–Crippen MR) is 94.2 cm³/mol. The van der Waals surface area contributed by atoms with Crippen molar-refractivity contribution in [1.82, 2.24) is 10.2 Å². The van der Waals surface area contributed by atoms with Crippen LogP contribution in [-0.2, 0) is 9.53 Å². The highest BCUT2D eigenvalue weighted by atomic mass is 35.5. The van der Waals surface area contributed by atoms with Crippen LogP contribution >= 0.6 is 12.4 Å². The van der Waals surface area contributed by atoms with Crippen molar-refractivity contribution >= 4 is 18.3 Å². The lowest BCUT2D eigenvalue weighted by atomic mass is 9.58. The highest BCUT2D eigenvalue weighted by Crippen LogP contribution is 2.59. The summed E-state index contributed by atoms with van der Waals surface area (Å²) in [6, 6.07) is 0. The maximum Gasteiger partial charge on any atom is 0.226 e. The van der Waals surface area contributed by atoms with Gasteiger partial charge in [-0.15, -0.1) is 12.4 Å². The van der Waals surface area contributed by atoms with E-state index in [1.54, 1.807) is 0 Å². The molecule has 0 aromatic rings. The molecule has 0 aromatic carbocycles. The first kappa shape index (κ1) is 18.4. The predicted octanol–water partition coefficient (Wildman–Crippen LogP) is 1.58. The number of hydrogen-bond donors (Lipinski definition) is 2. The Morgan fingerprint density at radius 2 is 1.92 bits per heavy atom. The van der Waals surface area contributed by atoms with E-state index in [0.29, 0.717) is 17.9 Å². The molecular formula is C18H31ClN2O3. The SMILES string of the molecule is CCOC1CC(O)C12CCN(C(=O)C1CC13CCNCC3)CC2.Cl. The Hall–Kier alpha value is -0.360. The van der Waals surface area contributed by atoms with E-state index in [1.807, 2.05) is 6.92 Å². The molecule has 4 fully saturated rings. The summed E-state index contributed by atoms with van der Waals surface area (Å²) in [5.41, 5.74) is 0.240. The molecule has 138 valence electrons. The molecule has 5 nitrogen and oxygen atoms in total. The summed E-state index contributed by atoms with van der Waals surface area (Å²) < 4.78 is 5.82. The summed E-state index contributed by atoms with van der Waals surface area (Å²) in [6.07, 6.45) is 5.92. The highest BCUT2D eigenvalue weighted by molar-refractivity contribution is 5.85. The molecule has 3 unspecified atom stereocenters. The molecule has 0 bridgehead atoms. The van der Waals surface area contributed by atoms with Crippen molar-refractivity contribution in [3.8, 4) is 0 Å². The quantitative estimate of drug-likeness (QED) is 0.804. The zero-order chi connectivity index (χ0) is 16.1. The fourth-order valence-corrected chi connectivity index (χ4v) is 5.35. The molecule has 2 aliphatic heterocycles. The van der Waals surface area contributed by atoms with Crippen molar-refractivity contribution in [3.05, 3.63) is 0 Å². The van der Waals surface area contributed by atoms with Gasteiger partial charge in [-0.25, -0.2) is 0 Å². The zero-order valence-electron chi connectivity index (χ0n) is 14.6. The van der Waals surface area contributed by atoms with Crippen molar-refractivity contribution in [2.45, 2.75) is 57.7 Å². The number of aliphatic hydroxyl groups is 1. The summed E-state index contributed by atoms with van der Waals surface area (Å²) in [5, 5.41) is 13.7. The average Bonchev–Trinajstić information content (AvgIpc) is 3.28. The van der Waals surface area contributed by atoms with Crippen LogP contribution in [0.25, 0.3) is 0 Å². The van der Waals surface area contributed by atoms with Gasteiger partial charge in [-0.1, -0.05) is 0 Å². The number of ether oxygens (including phenoxy) is 1. The molecule has 2 saturated carbocycles. The van der Waals surface area contributed by atoms with E-state index < -0.39 is 0 Å². The Kier molecular flexibility index (Phi) is 5.18. The highest BCUT2D eigenvalue weighted by Gasteiger charge is 2.60. The van der Waals surface area contributed by atoms with E-state index in [4.69, 9.17) is 4.74 Å². The zero-order valence-corrected chi connectivity index (χ0v) is 15.4. The summed E-state index contributed by atoms with van der Waals surface area (Å²) >= 11 is 0. The normalized spacial score (nSPS) is 36.1. The lowest BCUT2D eigenvalue weighted by Gasteiger charge is -2.56. The van der Waals surface area contributed by atoms with Gasteiger partial charge in [-0.2, -0.15) is 0 Å². The third-order valence-corrected chi connectivity index (χ3v) is 7.20. The van der Waals surface area contributed by atoms with E-state index in [9.17, 15) is 9.90 Å². The molecule has 3 atom stereocenters. The van der Waals surface area contributed by atoms with Gasteiger partial charge in [0.25, 0.3) is 0 Å². The van der Waals surface area contributed by atoms with Gasteiger partial charge in [0, 0.05) is 37.5 Å². The Balaban J connectivity index is 0.00000169. The summed E-state index contributed by atoms with van der Waals surface area (Å²) in [6.45, 7) is 6.45. The Morgan fingerprint density at radius 1 is 1.25 bits per heavy atom. The van der Waals surface area contributed by atoms with Crippen LogP contribution in [0, 0.1) is 16.7 Å². The number of carbonyl (C=O) groups excluding carboxylic acids is 1. The molecular weight excluding hydrogens is 328 g/mol. The van der Waals surface area contributed by atoms with Crippen LogP contribution < -0.4 is 5.32 Å². The fourth-order valence-electron chi connectivity index (χ4n) is 5.35. The topological polar surface area (TPSA) is 61.8 Å². The number of nitrogens with zero attached hydrogens (tertiary/aromatic N) is 1. The standard InChI is InChI=1S/C18H30N2O3.ClH/c1-2-23-15-11-14(21)18(15)5-9-20(10-6-18)16(22)13-12-17(13)3-7-19-8-4-17;/h13-15,19,21H,2-12H2,1H3;1H. The van der Waals surface area contributed by atoms with E-state index in [-0.39, 0.29) is 35.9 Å². The molecule has 0 aromatic heterocycles. The lowest BCUT2D eigenvalue weighted by Crippen LogP contribution is -2.62. The molecule has 2 aliphatic carbocycles. The van der Waals surface area contributed by atoms with Crippen LogP contribution in [-0.4, -0.2) is 60.9 Å². The van der Waals surface area contributed by atoms with Crippen LogP contribution in [0.4, 0.5) is 0 Å². The van der Waals surface area contributed by atoms with Crippen LogP contribution in [0.3, 0.4) is 0 Å². The monoisotopic (exact) mass is 358 g/mol. The first-order valence-corrected chi connectivity index (χ1v) is 9.40. The molecule has 4 rings (SSSR count). The Bertz CT molecular complexity index is 471. The molecule has 2 saturated heterocycles. The van der Waals surface area contributed by atoms with Gasteiger partial charge >= 0.3 is 0 Å². The first-order valence-electron chi connectivity index (χ1n) is 9.40. The number of aliphatic hydroxyl groups excluding tert-OH is 1. The van der Waals surface area contributed by atoms with E-state index in [2.05, 4.69) is 10.2 Å². The van der Waals surface area contributed by atoms with Crippen LogP contribution in [0.5, 0.6) is 0 Å². The first-order chi connectivity index (χ1) is 11.1. The molecule has 6 heteroatoms. The Morgan fingerprint density at radius 3 is 2.50 bits per heavy atom. The number of nitrogens with one attached hydrogen (secondary N) is 1.